The van der Waals surface area contributed by atoms with Crippen LogP contribution in [0.5, 0.6) is 5.75 Å². The smallest absolute Gasteiger partial charge is 0.349 e. The average Bonchev–Trinajstić information content (AvgIpc) is 2.79. The van der Waals surface area contributed by atoms with Crippen LogP contribution < -0.4 is 21.3 Å². The number of anilines is 1. The van der Waals surface area contributed by atoms with Crippen molar-refractivity contribution in [1.29, 1.82) is 0 Å². The zero-order valence-electron chi connectivity index (χ0n) is 16.6. The first-order valence-corrected chi connectivity index (χ1v) is 9.94. The maximum Gasteiger partial charge on any atom is 0.349 e. The van der Waals surface area contributed by atoms with E-state index in [4.69, 9.17) is 16.3 Å². The molecule has 0 unspecified atom stereocenters. The molecule has 1 amide bonds. The zero-order valence-corrected chi connectivity index (χ0v) is 17.4. The fourth-order valence-corrected chi connectivity index (χ4v) is 3.07. The Morgan fingerprint density at radius 1 is 1.06 bits per heavy atom. The summed E-state index contributed by atoms with van der Waals surface area (Å²) in [6.07, 6.45) is 1.37. The minimum absolute atomic E-state index is 0.201. The number of carbonyl (C=O) groups is 1. The monoisotopic (exact) mass is 448 g/mol. The lowest BCUT2D eigenvalue weighted by Crippen LogP contribution is -2.32. The second-order valence-corrected chi connectivity index (χ2v) is 7.19. The number of halogens is 1. The highest BCUT2D eigenvalue weighted by Gasteiger charge is 2.07. The molecule has 0 radical (unpaired) electrons. The maximum atomic E-state index is 12.5. The van der Waals surface area contributed by atoms with Crippen molar-refractivity contribution in [3.8, 4) is 5.75 Å². The maximum absolute atomic E-state index is 12.5. The van der Waals surface area contributed by atoms with Crippen LogP contribution in [0.25, 0.3) is 10.9 Å². The van der Waals surface area contributed by atoms with Crippen molar-refractivity contribution in [2.24, 2.45) is 5.10 Å². The van der Waals surface area contributed by atoms with Crippen LogP contribution in [0.2, 0.25) is 5.02 Å². The Hall–Kier alpha value is -4.17. The zero-order chi connectivity index (χ0) is 22.5. The van der Waals surface area contributed by atoms with Gasteiger partial charge >= 0.3 is 5.69 Å². The predicted molar refractivity (Wildman–Crippen MR) is 124 cm³/mol. The average molecular weight is 449 g/mol. The van der Waals surface area contributed by atoms with Gasteiger partial charge in [0.25, 0.3) is 11.5 Å². The largest absolute Gasteiger partial charge is 0.484 e. The molecule has 0 bridgehead atoms. The molecule has 4 aromatic rings. The van der Waals surface area contributed by atoms with Gasteiger partial charge in [0.1, 0.15) is 5.75 Å². The van der Waals surface area contributed by atoms with E-state index in [2.05, 4.69) is 15.4 Å². The van der Waals surface area contributed by atoms with E-state index in [1.54, 1.807) is 72.8 Å². The van der Waals surface area contributed by atoms with Crippen molar-refractivity contribution in [2.75, 3.05) is 11.9 Å². The summed E-state index contributed by atoms with van der Waals surface area (Å²) in [6, 6.07) is 20.2. The molecule has 0 aliphatic carbocycles. The van der Waals surface area contributed by atoms with Gasteiger partial charge in [-0.3, -0.25) is 9.59 Å². The van der Waals surface area contributed by atoms with Gasteiger partial charge in [0.2, 0.25) is 0 Å². The first-order chi connectivity index (χ1) is 15.5. The summed E-state index contributed by atoms with van der Waals surface area (Å²) in [5, 5.41) is 7.65. The van der Waals surface area contributed by atoms with E-state index in [1.165, 1.54) is 6.21 Å². The lowest BCUT2D eigenvalue weighted by molar-refractivity contribution is -0.118. The molecule has 32 heavy (non-hydrogen) atoms. The third kappa shape index (κ3) is 4.93. The molecule has 8 nitrogen and oxygen atoms in total. The number of rotatable bonds is 6. The Bertz CT molecular complexity index is 1420. The summed E-state index contributed by atoms with van der Waals surface area (Å²) < 4.78 is 6.28. The van der Waals surface area contributed by atoms with Crippen molar-refractivity contribution >= 4 is 40.3 Å². The molecular formula is C23H17ClN4O4. The van der Waals surface area contributed by atoms with Gasteiger partial charge in [-0.15, -0.1) is 4.68 Å². The molecule has 0 atom stereocenters. The van der Waals surface area contributed by atoms with Crippen LogP contribution >= 0.6 is 11.6 Å². The number of carbonyl (C=O) groups excluding carboxylic acids is 1. The molecule has 0 saturated carbocycles. The van der Waals surface area contributed by atoms with Gasteiger partial charge in [-0.2, -0.15) is 5.10 Å². The third-order valence-corrected chi connectivity index (χ3v) is 4.71. The SMILES string of the molecule is O=C(COc1cccc(C=Nn2c(=O)[nH]c3ccccc3c2=O)c1)Nc1ccc(Cl)cc1. The first-order valence-electron chi connectivity index (χ1n) is 9.56. The number of fused-ring (bicyclic) bond motifs is 1. The van der Waals surface area contributed by atoms with Gasteiger partial charge in [-0.25, -0.2) is 4.79 Å². The van der Waals surface area contributed by atoms with Crippen molar-refractivity contribution in [1.82, 2.24) is 9.66 Å². The summed E-state index contributed by atoms with van der Waals surface area (Å²) in [4.78, 5) is 39.4. The quantitative estimate of drug-likeness (QED) is 0.442. The molecule has 160 valence electrons. The molecule has 0 spiro atoms. The van der Waals surface area contributed by atoms with E-state index < -0.39 is 11.2 Å². The minimum Gasteiger partial charge on any atom is -0.484 e. The Balaban J connectivity index is 1.45. The van der Waals surface area contributed by atoms with Crippen molar-refractivity contribution in [2.45, 2.75) is 0 Å². The number of ether oxygens (including phenoxy) is 1. The molecule has 0 fully saturated rings. The number of hydrogen-bond acceptors (Lipinski definition) is 5. The standard InChI is InChI=1S/C23H17ClN4O4/c24-16-8-10-17(11-9-16)26-21(29)14-32-18-5-3-4-15(12-18)13-25-28-22(30)19-6-1-2-7-20(19)27-23(28)31/h1-13H,14H2,(H,26,29)(H,27,31). The van der Waals surface area contributed by atoms with Gasteiger partial charge < -0.3 is 15.0 Å². The second kappa shape index (κ2) is 9.32. The number of aromatic nitrogens is 2. The highest BCUT2D eigenvalue weighted by atomic mass is 35.5. The van der Waals surface area contributed by atoms with Crippen LogP contribution in [0.1, 0.15) is 5.56 Å². The summed E-state index contributed by atoms with van der Waals surface area (Å²) in [5.41, 5.74) is 0.472. The van der Waals surface area contributed by atoms with Crippen molar-refractivity contribution in [3.05, 3.63) is 104 Å². The lowest BCUT2D eigenvalue weighted by atomic mass is 10.2. The number of para-hydroxylation sites is 1. The molecule has 9 heteroatoms. The third-order valence-electron chi connectivity index (χ3n) is 4.46. The molecule has 0 saturated heterocycles. The number of nitrogens with zero attached hydrogens (tertiary/aromatic N) is 2. The molecule has 3 aromatic carbocycles. The number of aromatic amines is 1. The second-order valence-electron chi connectivity index (χ2n) is 6.75. The van der Waals surface area contributed by atoms with E-state index in [1.807, 2.05) is 0 Å². The van der Waals surface area contributed by atoms with Crippen molar-refractivity contribution < 1.29 is 9.53 Å². The summed E-state index contributed by atoms with van der Waals surface area (Å²) >= 11 is 5.83. The molecule has 0 aliphatic heterocycles. The van der Waals surface area contributed by atoms with E-state index in [9.17, 15) is 14.4 Å². The van der Waals surface area contributed by atoms with E-state index in [0.717, 1.165) is 4.68 Å². The molecule has 0 aliphatic rings. The molecule has 4 rings (SSSR count). The summed E-state index contributed by atoms with van der Waals surface area (Å²) in [6.45, 7) is -0.201. The highest BCUT2D eigenvalue weighted by Crippen LogP contribution is 2.14. The topological polar surface area (TPSA) is 106 Å². The van der Waals surface area contributed by atoms with Crippen molar-refractivity contribution in [3.63, 3.8) is 0 Å². The number of amides is 1. The van der Waals surface area contributed by atoms with Gasteiger partial charge in [-0.05, 0) is 54.1 Å². The molecule has 1 heterocycles. The minimum atomic E-state index is -0.642. The number of benzene rings is 3. The lowest BCUT2D eigenvalue weighted by Gasteiger charge is -2.08. The highest BCUT2D eigenvalue weighted by molar-refractivity contribution is 6.30. The summed E-state index contributed by atoms with van der Waals surface area (Å²) in [5.74, 6) is 0.0978. The molecule has 1 aromatic heterocycles. The Kier molecular flexibility index (Phi) is 6.14. The van der Waals surface area contributed by atoms with E-state index in [-0.39, 0.29) is 12.5 Å². The van der Waals surface area contributed by atoms with Crippen LogP contribution in [0.15, 0.2) is 87.5 Å². The summed E-state index contributed by atoms with van der Waals surface area (Å²) in [7, 11) is 0. The first kappa shape index (κ1) is 21.1. The van der Waals surface area contributed by atoms with Gasteiger partial charge in [0.05, 0.1) is 17.1 Å². The van der Waals surface area contributed by atoms with Crippen LogP contribution in [-0.4, -0.2) is 28.4 Å². The van der Waals surface area contributed by atoms with Gasteiger partial charge in [0.15, 0.2) is 6.61 Å². The van der Waals surface area contributed by atoms with Gasteiger partial charge in [-0.1, -0.05) is 35.9 Å². The van der Waals surface area contributed by atoms with Crippen LogP contribution in [-0.2, 0) is 4.79 Å². The molecular weight excluding hydrogens is 432 g/mol. The normalized spacial score (nSPS) is 11.0. The Labute approximate surface area is 186 Å². The predicted octanol–water partition coefficient (Wildman–Crippen LogP) is 3.24. The van der Waals surface area contributed by atoms with Crippen LogP contribution in [0.3, 0.4) is 0 Å². The number of H-pyrrole nitrogens is 1. The number of hydrogen-bond donors (Lipinski definition) is 2. The molecule has 2 N–H and O–H groups in total. The van der Waals surface area contributed by atoms with E-state index in [0.29, 0.717) is 32.9 Å². The number of nitrogens with one attached hydrogen (secondary N) is 2. The fraction of sp³-hybridized carbons (Fsp3) is 0.0435. The van der Waals surface area contributed by atoms with Gasteiger partial charge in [0, 0.05) is 10.7 Å². The van der Waals surface area contributed by atoms with E-state index >= 15 is 0 Å². The Morgan fingerprint density at radius 2 is 1.84 bits per heavy atom. The Morgan fingerprint density at radius 3 is 2.66 bits per heavy atom. The van der Waals surface area contributed by atoms with Crippen LogP contribution in [0.4, 0.5) is 5.69 Å². The fourth-order valence-electron chi connectivity index (χ4n) is 2.95. The van der Waals surface area contributed by atoms with Crippen LogP contribution in [0, 0.1) is 0 Å².